The molecule has 0 amide bonds. The molecule has 9 heteroatoms. The summed E-state index contributed by atoms with van der Waals surface area (Å²) >= 11 is 0. The zero-order chi connectivity index (χ0) is 21.9. The van der Waals surface area contributed by atoms with Crippen LogP contribution in [0.5, 0.6) is 0 Å². The lowest BCUT2D eigenvalue weighted by Crippen LogP contribution is -2.40. The molecule has 0 bridgehead atoms. The van der Waals surface area contributed by atoms with E-state index in [1.165, 1.54) is 16.4 Å². The fourth-order valence-electron chi connectivity index (χ4n) is 3.46. The molecule has 0 spiro atoms. The molecule has 0 radical (unpaired) electrons. The maximum absolute atomic E-state index is 13.5. The van der Waals surface area contributed by atoms with Crippen molar-refractivity contribution in [1.29, 1.82) is 0 Å². The van der Waals surface area contributed by atoms with Gasteiger partial charge >= 0.3 is 5.97 Å². The third-order valence-electron chi connectivity index (χ3n) is 5.00. The van der Waals surface area contributed by atoms with Gasteiger partial charge in [0.25, 0.3) is 5.69 Å². The molecule has 0 aliphatic carbocycles. The van der Waals surface area contributed by atoms with Crippen LogP contribution in [0.4, 0.5) is 5.69 Å². The number of sulfonamides is 1. The van der Waals surface area contributed by atoms with Gasteiger partial charge < -0.3 is 4.74 Å². The molecule has 2 aromatic carbocycles. The summed E-state index contributed by atoms with van der Waals surface area (Å²) in [4.78, 5) is 22.5. The lowest BCUT2D eigenvalue weighted by Gasteiger charge is -2.35. The Morgan fingerprint density at radius 1 is 1.20 bits per heavy atom. The average molecular weight is 430 g/mol. The van der Waals surface area contributed by atoms with E-state index in [0.29, 0.717) is 6.42 Å². The monoisotopic (exact) mass is 430 g/mol. The van der Waals surface area contributed by atoms with Crippen LogP contribution in [-0.2, 0) is 19.6 Å². The van der Waals surface area contributed by atoms with E-state index in [-0.39, 0.29) is 29.3 Å². The van der Waals surface area contributed by atoms with Gasteiger partial charge in [-0.25, -0.2) is 13.2 Å². The number of esters is 1. The summed E-state index contributed by atoms with van der Waals surface area (Å²) in [7, 11) is -4.04. The molecule has 158 valence electrons. The van der Waals surface area contributed by atoms with Gasteiger partial charge in [-0.3, -0.25) is 10.1 Å². The number of carbonyl (C=O) groups is 1. The molecule has 30 heavy (non-hydrogen) atoms. The summed E-state index contributed by atoms with van der Waals surface area (Å²) in [6, 6.07) is 11.7. The van der Waals surface area contributed by atoms with Crippen LogP contribution in [0.25, 0.3) is 0 Å². The Morgan fingerprint density at radius 2 is 1.87 bits per heavy atom. The van der Waals surface area contributed by atoms with E-state index in [1.807, 2.05) is 31.2 Å². The fraction of sp³-hybridized carbons (Fsp3) is 0.286. The van der Waals surface area contributed by atoms with E-state index in [9.17, 15) is 23.3 Å². The summed E-state index contributed by atoms with van der Waals surface area (Å²) in [5, 5.41) is 10.9. The number of nitrogens with zero attached hydrogens (tertiary/aromatic N) is 2. The summed E-state index contributed by atoms with van der Waals surface area (Å²) in [5.41, 5.74) is 1.84. The van der Waals surface area contributed by atoms with E-state index in [0.717, 1.165) is 23.3 Å². The van der Waals surface area contributed by atoms with Crippen molar-refractivity contribution in [3.8, 4) is 0 Å². The van der Waals surface area contributed by atoms with Crippen LogP contribution < -0.4 is 0 Å². The van der Waals surface area contributed by atoms with Gasteiger partial charge in [0.2, 0.25) is 10.0 Å². The molecular formula is C21H22N2O6S. The third kappa shape index (κ3) is 4.27. The van der Waals surface area contributed by atoms with E-state index >= 15 is 0 Å². The normalized spacial score (nSPS) is 17.3. The molecule has 3 rings (SSSR count). The SMILES string of the molecule is CCOC(=O)C1=CC[C@H](c2ccccc2C)N(S(=O)(=O)c2ccc([N+](=O)[O-])cc2)C1. The molecule has 0 N–H and O–H groups in total. The number of non-ortho nitro benzene ring substituents is 1. The molecule has 0 unspecified atom stereocenters. The Balaban J connectivity index is 2.05. The van der Waals surface area contributed by atoms with Gasteiger partial charge in [0.1, 0.15) is 0 Å². The first kappa shape index (κ1) is 21.7. The van der Waals surface area contributed by atoms with Crippen molar-refractivity contribution in [3.05, 3.63) is 81.4 Å². The Labute approximate surface area is 175 Å². The average Bonchev–Trinajstić information content (AvgIpc) is 2.74. The quantitative estimate of drug-likeness (QED) is 0.394. The van der Waals surface area contributed by atoms with Gasteiger partial charge in [0, 0.05) is 24.3 Å². The van der Waals surface area contributed by atoms with Gasteiger partial charge in [0.15, 0.2) is 0 Å². The summed E-state index contributed by atoms with van der Waals surface area (Å²) in [6.07, 6.45) is 2.03. The summed E-state index contributed by atoms with van der Waals surface area (Å²) < 4.78 is 33.3. The molecule has 1 aliphatic heterocycles. The fourth-order valence-corrected chi connectivity index (χ4v) is 5.05. The zero-order valence-corrected chi connectivity index (χ0v) is 17.5. The predicted octanol–water partition coefficient (Wildman–Crippen LogP) is 3.53. The van der Waals surface area contributed by atoms with Gasteiger partial charge in [-0.15, -0.1) is 0 Å². The third-order valence-corrected chi connectivity index (χ3v) is 6.87. The highest BCUT2D eigenvalue weighted by Gasteiger charge is 2.37. The number of carbonyl (C=O) groups excluding carboxylic acids is 1. The van der Waals surface area contributed by atoms with E-state index in [2.05, 4.69) is 0 Å². The van der Waals surface area contributed by atoms with Crippen molar-refractivity contribution in [1.82, 2.24) is 4.31 Å². The lowest BCUT2D eigenvalue weighted by molar-refractivity contribution is -0.384. The highest BCUT2D eigenvalue weighted by molar-refractivity contribution is 7.89. The van der Waals surface area contributed by atoms with Crippen LogP contribution in [0.15, 0.2) is 65.1 Å². The topological polar surface area (TPSA) is 107 Å². The predicted molar refractivity (Wildman–Crippen MR) is 110 cm³/mol. The molecule has 1 atom stereocenters. The summed E-state index contributed by atoms with van der Waals surface area (Å²) in [6.45, 7) is 3.63. The Bertz CT molecular complexity index is 1090. The van der Waals surface area contributed by atoms with Crippen molar-refractivity contribution in [2.24, 2.45) is 0 Å². The Hall–Kier alpha value is -3.04. The minimum absolute atomic E-state index is 0.0724. The van der Waals surface area contributed by atoms with E-state index in [1.54, 1.807) is 13.0 Å². The van der Waals surface area contributed by atoms with E-state index < -0.39 is 27.0 Å². The van der Waals surface area contributed by atoms with Crippen LogP contribution in [0.3, 0.4) is 0 Å². The number of hydrogen-bond donors (Lipinski definition) is 0. The number of nitro benzene ring substituents is 1. The number of nitro groups is 1. The second-order valence-electron chi connectivity index (χ2n) is 6.86. The Kier molecular flexibility index (Phi) is 6.33. The zero-order valence-electron chi connectivity index (χ0n) is 16.6. The molecule has 0 saturated carbocycles. The highest BCUT2D eigenvalue weighted by Crippen LogP contribution is 2.36. The van der Waals surface area contributed by atoms with Crippen molar-refractivity contribution in [2.45, 2.75) is 31.2 Å². The van der Waals surface area contributed by atoms with Crippen molar-refractivity contribution < 1.29 is 22.9 Å². The first-order chi connectivity index (χ1) is 14.3. The Morgan fingerprint density at radius 3 is 2.47 bits per heavy atom. The highest BCUT2D eigenvalue weighted by atomic mass is 32.2. The minimum atomic E-state index is -4.04. The van der Waals surface area contributed by atoms with Crippen LogP contribution in [0.2, 0.25) is 0 Å². The molecule has 2 aromatic rings. The van der Waals surface area contributed by atoms with Crippen molar-refractivity contribution in [3.63, 3.8) is 0 Å². The summed E-state index contributed by atoms with van der Waals surface area (Å²) in [5.74, 6) is -0.551. The number of ether oxygens (including phenoxy) is 1. The maximum atomic E-state index is 13.5. The van der Waals surface area contributed by atoms with Gasteiger partial charge in [-0.05, 0) is 43.5 Å². The lowest BCUT2D eigenvalue weighted by atomic mass is 9.95. The number of rotatable bonds is 6. The molecule has 8 nitrogen and oxygen atoms in total. The van der Waals surface area contributed by atoms with Crippen molar-refractivity contribution >= 4 is 21.7 Å². The van der Waals surface area contributed by atoms with E-state index in [4.69, 9.17) is 4.74 Å². The number of hydrogen-bond acceptors (Lipinski definition) is 6. The molecule has 0 saturated heterocycles. The molecule has 1 aliphatic rings. The van der Waals surface area contributed by atoms with Crippen LogP contribution in [0, 0.1) is 17.0 Å². The first-order valence-electron chi connectivity index (χ1n) is 9.43. The number of benzene rings is 2. The molecule has 0 fully saturated rings. The molecule has 0 aromatic heterocycles. The van der Waals surface area contributed by atoms with Crippen LogP contribution in [0.1, 0.15) is 30.5 Å². The van der Waals surface area contributed by atoms with Gasteiger partial charge in [-0.2, -0.15) is 4.31 Å². The minimum Gasteiger partial charge on any atom is -0.463 e. The first-order valence-corrected chi connectivity index (χ1v) is 10.9. The number of aryl methyl sites for hydroxylation is 1. The van der Waals surface area contributed by atoms with Crippen LogP contribution in [-0.4, -0.2) is 36.8 Å². The molecule has 1 heterocycles. The molecular weight excluding hydrogens is 408 g/mol. The largest absolute Gasteiger partial charge is 0.463 e. The second kappa shape index (κ2) is 8.76. The van der Waals surface area contributed by atoms with Gasteiger partial charge in [0.05, 0.1) is 22.5 Å². The smallest absolute Gasteiger partial charge is 0.335 e. The second-order valence-corrected chi connectivity index (χ2v) is 8.75. The van der Waals surface area contributed by atoms with Gasteiger partial charge in [-0.1, -0.05) is 30.3 Å². The van der Waals surface area contributed by atoms with Crippen LogP contribution >= 0.6 is 0 Å². The van der Waals surface area contributed by atoms with Crippen molar-refractivity contribution in [2.75, 3.05) is 13.2 Å². The maximum Gasteiger partial charge on any atom is 0.335 e. The standard InChI is InChI=1S/C21H22N2O6S/c1-3-29-21(24)16-8-13-20(19-7-5-4-6-15(19)2)22(14-16)30(27,28)18-11-9-17(10-12-18)23(25)26/h4-12,20H,3,13-14H2,1-2H3/t20-/m1/s1.